The van der Waals surface area contributed by atoms with Crippen molar-refractivity contribution in [1.82, 2.24) is 10.2 Å². The summed E-state index contributed by atoms with van der Waals surface area (Å²) in [4.78, 5) is 2.43. The van der Waals surface area contributed by atoms with Gasteiger partial charge in [-0.05, 0) is 63.5 Å². The molecule has 1 aliphatic heterocycles. The van der Waals surface area contributed by atoms with Crippen LogP contribution in [0.1, 0.15) is 31.4 Å². The molecule has 0 spiro atoms. The molecule has 18 heavy (non-hydrogen) atoms. The molecule has 1 aromatic rings. The molecule has 1 fully saturated rings. The molecule has 1 heterocycles. The lowest BCUT2D eigenvalue weighted by Gasteiger charge is -2.30. The standard InChI is InChI=1S/C15H23ClN2/c1-12(14-6-3-7-15(16)9-14)17-10-13-5-4-8-18(2)11-13/h3,6-7,9,12-13,17H,4-5,8,10-11H2,1-2H3. The zero-order chi connectivity index (χ0) is 13.0. The Labute approximate surface area is 115 Å². The second-order valence-electron chi connectivity index (χ2n) is 5.46. The van der Waals surface area contributed by atoms with Crippen LogP contribution in [0.4, 0.5) is 0 Å². The van der Waals surface area contributed by atoms with E-state index in [4.69, 9.17) is 11.6 Å². The quantitative estimate of drug-likeness (QED) is 0.899. The monoisotopic (exact) mass is 266 g/mol. The maximum atomic E-state index is 6.02. The lowest BCUT2D eigenvalue weighted by molar-refractivity contribution is 0.203. The first kappa shape index (κ1) is 13.9. The Morgan fingerprint density at radius 2 is 2.33 bits per heavy atom. The maximum Gasteiger partial charge on any atom is 0.0409 e. The third-order valence-corrected chi connectivity index (χ3v) is 4.02. The molecule has 1 N–H and O–H groups in total. The highest BCUT2D eigenvalue weighted by Gasteiger charge is 2.17. The van der Waals surface area contributed by atoms with E-state index in [-0.39, 0.29) is 0 Å². The number of nitrogens with zero attached hydrogens (tertiary/aromatic N) is 1. The fraction of sp³-hybridized carbons (Fsp3) is 0.600. The molecular formula is C15H23ClN2. The summed E-state index contributed by atoms with van der Waals surface area (Å²) < 4.78 is 0. The predicted octanol–water partition coefficient (Wildman–Crippen LogP) is 3.33. The van der Waals surface area contributed by atoms with E-state index in [1.807, 2.05) is 18.2 Å². The first-order valence-electron chi connectivity index (χ1n) is 6.82. The second kappa shape index (κ2) is 6.55. The Morgan fingerprint density at radius 1 is 1.50 bits per heavy atom. The first-order valence-corrected chi connectivity index (χ1v) is 7.20. The minimum atomic E-state index is 0.371. The summed E-state index contributed by atoms with van der Waals surface area (Å²) >= 11 is 6.02. The van der Waals surface area contributed by atoms with E-state index < -0.39 is 0 Å². The molecule has 1 aliphatic rings. The molecule has 3 heteroatoms. The van der Waals surface area contributed by atoms with Crippen LogP contribution >= 0.6 is 11.6 Å². The molecule has 0 aliphatic carbocycles. The van der Waals surface area contributed by atoms with Gasteiger partial charge in [-0.2, -0.15) is 0 Å². The largest absolute Gasteiger partial charge is 0.310 e. The summed E-state index contributed by atoms with van der Waals surface area (Å²) in [5.74, 6) is 0.783. The van der Waals surface area contributed by atoms with Gasteiger partial charge in [0.25, 0.3) is 0 Å². The van der Waals surface area contributed by atoms with Gasteiger partial charge in [0.2, 0.25) is 0 Å². The molecule has 0 bridgehead atoms. The van der Waals surface area contributed by atoms with E-state index in [1.54, 1.807) is 0 Å². The lowest BCUT2D eigenvalue weighted by Crippen LogP contribution is -2.37. The van der Waals surface area contributed by atoms with Gasteiger partial charge in [-0.15, -0.1) is 0 Å². The van der Waals surface area contributed by atoms with Crippen molar-refractivity contribution in [3.63, 3.8) is 0 Å². The molecule has 0 saturated carbocycles. The van der Waals surface area contributed by atoms with Gasteiger partial charge in [0.05, 0.1) is 0 Å². The molecule has 2 atom stereocenters. The number of benzene rings is 1. The summed E-state index contributed by atoms with van der Waals surface area (Å²) in [6.07, 6.45) is 2.67. The van der Waals surface area contributed by atoms with Crippen LogP contribution in [0.15, 0.2) is 24.3 Å². The first-order chi connectivity index (χ1) is 8.65. The fourth-order valence-electron chi connectivity index (χ4n) is 2.68. The molecule has 2 nitrogen and oxygen atoms in total. The minimum absolute atomic E-state index is 0.371. The Bertz CT molecular complexity index is 381. The molecule has 0 radical (unpaired) electrons. The van der Waals surface area contributed by atoms with Gasteiger partial charge in [-0.3, -0.25) is 0 Å². The van der Waals surface area contributed by atoms with Crippen LogP contribution in [-0.2, 0) is 0 Å². The van der Waals surface area contributed by atoms with Crippen molar-refractivity contribution in [1.29, 1.82) is 0 Å². The van der Waals surface area contributed by atoms with Gasteiger partial charge in [0.15, 0.2) is 0 Å². The predicted molar refractivity (Wildman–Crippen MR) is 78.1 cm³/mol. The topological polar surface area (TPSA) is 15.3 Å². The fourth-order valence-corrected chi connectivity index (χ4v) is 2.88. The third kappa shape index (κ3) is 3.98. The summed E-state index contributed by atoms with van der Waals surface area (Å²) in [7, 11) is 2.21. The molecule has 2 unspecified atom stereocenters. The van der Waals surface area contributed by atoms with E-state index in [0.717, 1.165) is 17.5 Å². The number of piperidine rings is 1. The molecule has 100 valence electrons. The molecular weight excluding hydrogens is 244 g/mol. The lowest BCUT2D eigenvalue weighted by atomic mass is 9.98. The van der Waals surface area contributed by atoms with Crippen LogP contribution in [0, 0.1) is 5.92 Å². The average molecular weight is 267 g/mol. The number of halogens is 1. The van der Waals surface area contributed by atoms with Gasteiger partial charge < -0.3 is 10.2 Å². The van der Waals surface area contributed by atoms with Crippen molar-refractivity contribution in [2.75, 3.05) is 26.7 Å². The van der Waals surface area contributed by atoms with Crippen molar-refractivity contribution in [2.45, 2.75) is 25.8 Å². The summed E-state index contributed by atoms with van der Waals surface area (Å²) in [6.45, 7) is 5.77. The zero-order valence-electron chi connectivity index (χ0n) is 11.3. The van der Waals surface area contributed by atoms with Crippen molar-refractivity contribution >= 4 is 11.6 Å². The van der Waals surface area contributed by atoms with Crippen molar-refractivity contribution in [2.24, 2.45) is 5.92 Å². The van der Waals surface area contributed by atoms with Crippen molar-refractivity contribution < 1.29 is 0 Å². The van der Waals surface area contributed by atoms with E-state index in [0.29, 0.717) is 6.04 Å². The number of hydrogen-bond acceptors (Lipinski definition) is 2. The van der Waals surface area contributed by atoms with Gasteiger partial charge in [-0.1, -0.05) is 23.7 Å². The molecule has 1 aromatic carbocycles. The number of likely N-dealkylation sites (tertiary alicyclic amines) is 1. The van der Waals surface area contributed by atoms with Crippen LogP contribution in [0.25, 0.3) is 0 Å². The van der Waals surface area contributed by atoms with Gasteiger partial charge in [0.1, 0.15) is 0 Å². The van der Waals surface area contributed by atoms with E-state index in [9.17, 15) is 0 Å². The van der Waals surface area contributed by atoms with Crippen LogP contribution in [0.3, 0.4) is 0 Å². The Morgan fingerprint density at radius 3 is 3.06 bits per heavy atom. The van der Waals surface area contributed by atoms with Crippen LogP contribution in [0.2, 0.25) is 5.02 Å². The highest BCUT2D eigenvalue weighted by molar-refractivity contribution is 6.30. The average Bonchev–Trinajstić information content (AvgIpc) is 2.36. The van der Waals surface area contributed by atoms with E-state index in [2.05, 4.69) is 30.3 Å². The second-order valence-corrected chi connectivity index (χ2v) is 5.89. The van der Waals surface area contributed by atoms with Gasteiger partial charge in [0, 0.05) is 17.6 Å². The number of rotatable bonds is 4. The Kier molecular flexibility index (Phi) is 5.04. The summed E-state index contributed by atoms with van der Waals surface area (Å²) in [5, 5.41) is 4.45. The Balaban J connectivity index is 1.82. The Hall–Kier alpha value is -0.570. The maximum absolute atomic E-state index is 6.02. The summed E-state index contributed by atoms with van der Waals surface area (Å²) in [6, 6.07) is 8.50. The van der Waals surface area contributed by atoms with Crippen LogP contribution in [0.5, 0.6) is 0 Å². The molecule has 1 saturated heterocycles. The zero-order valence-corrected chi connectivity index (χ0v) is 12.1. The van der Waals surface area contributed by atoms with Gasteiger partial charge in [-0.25, -0.2) is 0 Å². The highest BCUT2D eigenvalue weighted by atomic mass is 35.5. The van der Waals surface area contributed by atoms with Gasteiger partial charge >= 0.3 is 0 Å². The van der Waals surface area contributed by atoms with Crippen molar-refractivity contribution in [3.05, 3.63) is 34.9 Å². The van der Waals surface area contributed by atoms with E-state index >= 15 is 0 Å². The SMILES string of the molecule is CC(NCC1CCCN(C)C1)c1cccc(Cl)c1. The molecule has 0 amide bonds. The summed E-state index contributed by atoms with van der Waals surface area (Å²) in [5.41, 5.74) is 1.27. The number of nitrogens with one attached hydrogen (secondary N) is 1. The van der Waals surface area contributed by atoms with Crippen LogP contribution < -0.4 is 5.32 Å². The molecule has 2 rings (SSSR count). The molecule has 0 aromatic heterocycles. The highest BCUT2D eigenvalue weighted by Crippen LogP contribution is 2.19. The van der Waals surface area contributed by atoms with Crippen molar-refractivity contribution in [3.8, 4) is 0 Å². The third-order valence-electron chi connectivity index (χ3n) is 3.78. The smallest absolute Gasteiger partial charge is 0.0409 e. The number of hydrogen-bond donors (Lipinski definition) is 1. The van der Waals surface area contributed by atoms with E-state index in [1.165, 1.54) is 31.5 Å². The van der Waals surface area contributed by atoms with Crippen LogP contribution in [-0.4, -0.2) is 31.6 Å². The minimum Gasteiger partial charge on any atom is -0.310 e. The normalized spacial score (nSPS) is 22.9.